The standard InChI is InChI=1S/C21H25ClN2O2/c1-3-24(19-7-8-20(22)15(2)9-19)12-17-6-4-5-16(10-17)11-23-13-18(14-23)21(25)26/h4-10,18H,3,11-14H2,1-2H3,(H,25,26). The van der Waals surface area contributed by atoms with Crippen LogP contribution in [-0.4, -0.2) is 35.6 Å². The summed E-state index contributed by atoms with van der Waals surface area (Å²) in [6.45, 7) is 8.03. The largest absolute Gasteiger partial charge is 0.481 e. The number of carbonyl (C=O) groups is 1. The fourth-order valence-corrected chi connectivity index (χ4v) is 3.49. The quantitative estimate of drug-likeness (QED) is 0.791. The van der Waals surface area contributed by atoms with Gasteiger partial charge in [0.05, 0.1) is 5.92 Å². The number of halogens is 1. The molecule has 2 aromatic carbocycles. The molecule has 5 heteroatoms. The lowest BCUT2D eigenvalue weighted by atomic mass is 9.99. The van der Waals surface area contributed by atoms with E-state index < -0.39 is 5.97 Å². The summed E-state index contributed by atoms with van der Waals surface area (Å²) in [5, 5.41) is 9.78. The van der Waals surface area contributed by atoms with Crippen LogP contribution in [0.5, 0.6) is 0 Å². The van der Waals surface area contributed by atoms with Gasteiger partial charge in [0.15, 0.2) is 0 Å². The Hall–Kier alpha value is -2.04. The second-order valence-corrected chi connectivity index (χ2v) is 7.40. The highest BCUT2D eigenvalue weighted by atomic mass is 35.5. The molecule has 0 spiro atoms. The van der Waals surface area contributed by atoms with Crippen molar-refractivity contribution in [3.05, 3.63) is 64.2 Å². The lowest BCUT2D eigenvalue weighted by Crippen LogP contribution is -2.49. The number of carboxylic acid groups (broad SMARTS) is 1. The average Bonchev–Trinajstić information content (AvgIpc) is 2.58. The number of anilines is 1. The highest BCUT2D eigenvalue weighted by Crippen LogP contribution is 2.24. The monoisotopic (exact) mass is 372 g/mol. The second kappa shape index (κ2) is 8.11. The van der Waals surface area contributed by atoms with Gasteiger partial charge in [-0.3, -0.25) is 9.69 Å². The molecule has 1 aliphatic rings. The molecule has 26 heavy (non-hydrogen) atoms. The Bertz CT molecular complexity index is 787. The van der Waals surface area contributed by atoms with Crippen molar-refractivity contribution in [3.63, 3.8) is 0 Å². The summed E-state index contributed by atoms with van der Waals surface area (Å²) in [6, 6.07) is 14.7. The van der Waals surface area contributed by atoms with Crippen LogP contribution in [0.4, 0.5) is 5.69 Å². The van der Waals surface area contributed by atoms with Gasteiger partial charge in [-0.05, 0) is 48.7 Å². The van der Waals surface area contributed by atoms with Gasteiger partial charge in [-0.1, -0.05) is 35.9 Å². The van der Waals surface area contributed by atoms with Crippen LogP contribution in [0.3, 0.4) is 0 Å². The van der Waals surface area contributed by atoms with E-state index in [9.17, 15) is 4.79 Å². The van der Waals surface area contributed by atoms with Gasteiger partial charge in [-0.2, -0.15) is 0 Å². The number of aryl methyl sites for hydroxylation is 1. The molecule has 2 aromatic rings. The van der Waals surface area contributed by atoms with Crippen molar-refractivity contribution in [1.29, 1.82) is 0 Å². The molecule has 1 saturated heterocycles. The minimum absolute atomic E-state index is 0.207. The minimum atomic E-state index is -0.688. The summed E-state index contributed by atoms with van der Waals surface area (Å²) >= 11 is 6.15. The van der Waals surface area contributed by atoms with E-state index in [1.807, 2.05) is 13.0 Å². The zero-order chi connectivity index (χ0) is 18.7. The topological polar surface area (TPSA) is 43.8 Å². The lowest BCUT2D eigenvalue weighted by Gasteiger charge is -2.36. The molecule has 1 aliphatic heterocycles. The summed E-state index contributed by atoms with van der Waals surface area (Å²) in [6.07, 6.45) is 0. The summed E-state index contributed by atoms with van der Waals surface area (Å²) in [4.78, 5) is 15.4. The molecule has 0 atom stereocenters. The number of benzene rings is 2. The van der Waals surface area contributed by atoms with Gasteiger partial charge in [0.25, 0.3) is 0 Å². The molecule has 1 N–H and O–H groups in total. The molecule has 0 aromatic heterocycles. The van der Waals surface area contributed by atoms with Crippen LogP contribution in [0.25, 0.3) is 0 Å². The SMILES string of the molecule is CCN(Cc1cccc(CN2CC(C(=O)O)C2)c1)c1ccc(Cl)c(C)c1. The van der Waals surface area contributed by atoms with Crippen LogP contribution in [0.1, 0.15) is 23.6 Å². The van der Waals surface area contributed by atoms with E-state index in [1.165, 1.54) is 16.8 Å². The smallest absolute Gasteiger partial charge is 0.309 e. The van der Waals surface area contributed by atoms with Gasteiger partial charge < -0.3 is 10.0 Å². The Morgan fingerprint density at radius 1 is 1.23 bits per heavy atom. The zero-order valence-electron chi connectivity index (χ0n) is 15.3. The maximum absolute atomic E-state index is 10.9. The van der Waals surface area contributed by atoms with E-state index in [1.54, 1.807) is 0 Å². The van der Waals surface area contributed by atoms with Gasteiger partial charge in [-0.15, -0.1) is 0 Å². The summed E-state index contributed by atoms with van der Waals surface area (Å²) < 4.78 is 0. The molecule has 0 radical (unpaired) electrons. The summed E-state index contributed by atoms with van der Waals surface area (Å²) in [5.74, 6) is -0.895. The third-order valence-electron chi connectivity index (χ3n) is 4.97. The van der Waals surface area contributed by atoms with Gasteiger partial charge in [-0.25, -0.2) is 0 Å². The average molecular weight is 373 g/mol. The zero-order valence-corrected chi connectivity index (χ0v) is 16.0. The van der Waals surface area contributed by atoms with Crippen LogP contribution in [-0.2, 0) is 17.9 Å². The summed E-state index contributed by atoms with van der Waals surface area (Å²) in [5.41, 5.74) is 4.75. The third-order valence-corrected chi connectivity index (χ3v) is 5.39. The molecule has 0 amide bonds. The Morgan fingerprint density at radius 2 is 1.96 bits per heavy atom. The van der Waals surface area contributed by atoms with Crippen LogP contribution in [0.15, 0.2) is 42.5 Å². The third kappa shape index (κ3) is 4.37. The fourth-order valence-electron chi connectivity index (χ4n) is 3.37. The van der Waals surface area contributed by atoms with E-state index in [0.717, 1.165) is 30.2 Å². The molecule has 0 saturated carbocycles. The number of likely N-dealkylation sites (tertiary alicyclic amines) is 1. The van der Waals surface area contributed by atoms with Crippen LogP contribution in [0.2, 0.25) is 5.02 Å². The van der Waals surface area contributed by atoms with E-state index in [4.69, 9.17) is 16.7 Å². The van der Waals surface area contributed by atoms with E-state index in [0.29, 0.717) is 13.1 Å². The van der Waals surface area contributed by atoms with Crippen molar-refractivity contribution in [2.75, 3.05) is 24.5 Å². The van der Waals surface area contributed by atoms with Crippen LogP contribution < -0.4 is 4.90 Å². The Morgan fingerprint density at radius 3 is 2.62 bits per heavy atom. The molecule has 4 nitrogen and oxygen atoms in total. The molecule has 0 aliphatic carbocycles. The van der Waals surface area contributed by atoms with Crippen LogP contribution in [0, 0.1) is 12.8 Å². The lowest BCUT2D eigenvalue weighted by molar-refractivity contribution is -0.147. The number of hydrogen-bond acceptors (Lipinski definition) is 3. The summed E-state index contributed by atoms with van der Waals surface area (Å²) in [7, 11) is 0. The van der Waals surface area contributed by atoms with Crippen molar-refractivity contribution in [2.24, 2.45) is 5.92 Å². The number of nitrogens with zero attached hydrogens (tertiary/aromatic N) is 2. The van der Waals surface area contributed by atoms with E-state index in [-0.39, 0.29) is 5.92 Å². The Kier molecular flexibility index (Phi) is 5.84. The van der Waals surface area contributed by atoms with Crippen molar-refractivity contribution < 1.29 is 9.90 Å². The van der Waals surface area contributed by atoms with Crippen molar-refractivity contribution in [1.82, 2.24) is 4.90 Å². The predicted octanol–water partition coefficient (Wildman–Crippen LogP) is 4.19. The van der Waals surface area contributed by atoms with E-state index >= 15 is 0 Å². The maximum Gasteiger partial charge on any atom is 0.309 e. The second-order valence-electron chi connectivity index (χ2n) is 7.00. The molecule has 1 heterocycles. The van der Waals surface area contributed by atoms with Crippen molar-refractivity contribution in [2.45, 2.75) is 26.9 Å². The molecule has 3 rings (SSSR count). The molecule has 138 valence electrons. The minimum Gasteiger partial charge on any atom is -0.481 e. The molecule has 0 unspecified atom stereocenters. The maximum atomic E-state index is 10.9. The number of hydrogen-bond donors (Lipinski definition) is 1. The molecule has 1 fully saturated rings. The fraction of sp³-hybridized carbons (Fsp3) is 0.381. The van der Waals surface area contributed by atoms with E-state index in [2.05, 4.69) is 53.1 Å². The first-order valence-electron chi connectivity index (χ1n) is 9.00. The van der Waals surface area contributed by atoms with Gasteiger partial charge >= 0.3 is 5.97 Å². The predicted molar refractivity (Wildman–Crippen MR) is 106 cm³/mol. The normalized spacial score (nSPS) is 14.9. The molecular formula is C21H25ClN2O2. The first kappa shape index (κ1) is 18.7. The molecular weight excluding hydrogens is 348 g/mol. The number of carboxylic acids is 1. The number of aliphatic carboxylic acids is 1. The van der Waals surface area contributed by atoms with Gasteiger partial charge in [0.1, 0.15) is 0 Å². The highest BCUT2D eigenvalue weighted by molar-refractivity contribution is 6.31. The van der Waals surface area contributed by atoms with Gasteiger partial charge in [0, 0.05) is 43.4 Å². The van der Waals surface area contributed by atoms with Crippen molar-refractivity contribution in [3.8, 4) is 0 Å². The first-order chi connectivity index (χ1) is 12.5. The first-order valence-corrected chi connectivity index (χ1v) is 9.38. The Labute approximate surface area is 160 Å². The highest BCUT2D eigenvalue weighted by Gasteiger charge is 2.32. The van der Waals surface area contributed by atoms with Crippen LogP contribution >= 0.6 is 11.6 Å². The van der Waals surface area contributed by atoms with Gasteiger partial charge in [0.2, 0.25) is 0 Å². The Balaban J connectivity index is 1.65. The molecule has 0 bridgehead atoms. The number of rotatable bonds is 7. The van der Waals surface area contributed by atoms with Crippen molar-refractivity contribution >= 4 is 23.3 Å².